The Morgan fingerprint density at radius 3 is 2.71 bits per heavy atom. The van der Waals surface area contributed by atoms with Gasteiger partial charge in [-0.05, 0) is 58.1 Å². The van der Waals surface area contributed by atoms with Gasteiger partial charge in [-0.1, -0.05) is 24.3 Å². The Bertz CT molecular complexity index is 628. The van der Waals surface area contributed by atoms with Crippen LogP contribution in [0.3, 0.4) is 0 Å². The first-order valence-electron chi connectivity index (χ1n) is 7.10. The highest BCUT2D eigenvalue weighted by Crippen LogP contribution is 2.26. The molecular weight excluding hydrogens is 333 g/mol. The summed E-state index contributed by atoms with van der Waals surface area (Å²) in [4.78, 5) is 0. The zero-order valence-electron chi connectivity index (χ0n) is 11.6. The van der Waals surface area contributed by atoms with E-state index in [9.17, 15) is 4.39 Å². The summed E-state index contributed by atoms with van der Waals surface area (Å²) < 4.78 is 19.4. The first-order chi connectivity index (χ1) is 10.2. The zero-order valence-corrected chi connectivity index (χ0v) is 13.2. The maximum absolute atomic E-state index is 13.0. The van der Waals surface area contributed by atoms with Crippen molar-refractivity contribution in [3.8, 4) is 5.75 Å². The predicted molar refractivity (Wildman–Crippen MR) is 84.7 cm³/mol. The molecule has 0 radical (unpaired) electrons. The van der Waals surface area contributed by atoms with Crippen molar-refractivity contribution in [3.05, 3.63) is 63.9 Å². The molecule has 21 heavy (non-hydrogen) atoms. The molecule has 2 aromatic carbocycles. The van der Waals surface area contributed by atoms with Crippen LogP contribution in [-0.4, -0.2) is 6.04 Å². The predicted octanol–water partition coefficient (Wildman–Crippen LogP) is 4.42. The van der Waals surface area contributed by atoms with E-state index in [0.717, 1.165) is 12.1 Å². The van der Waals surface area contributed by atoms with Crippen LogP contribution in [0, 0.1) is 5.82 Å². The lowest BCUT2D eigenvalue weighted by Crippen LogP contribution is -2.15. The fourth-order valence-electron chi connectivity index (χ4n) is 2.13. The number of halogens is 2. The molecule has 1 saturated carbocycles. The lowest BCUT2D eigenvalue weighted by Gasteiger charge is -2.10. The average molecular weight is 350 g/mol. The Morgan fingerprint density at radius 2 is 1.95 bits per heavy atom. The lowest BCUT2D eigenvalue weighted by atomic mass is 10.1. The Kier molecular flexibility index (Phi) is 4.56. The molecule has 0 aliphatic heterocycles. The van der Waals surface area contributed by atoms with Crippen LogP contribution in [0.1, 0.15) is 24.0 Å². The van der Waals surface area contributed by atoms with Crippen LogP contribution in [0.25, 0.3) is 0 Å². The smallest absolute Gasteiger partial charge is 0.134 e. The molecule has 1 aliphatic carbocycles. The van der Waals surface area contributed by atoms with Gasteiger partial charge in [0.15, 0.2) is 0 Å². The second kappa shape index (κ2) is 6.58. The molecule has 0 heterocycles. The van der Waals surface area contributed by atoms with Gasteiger partial charge in [0.05, 0.1) is 4.47 Å². The summed E-state index contributed by atoms with van der Waals surface area (Å²) in [6.45, 7) is 1.38. The topological polar surface area (TPSA) is 21.3 Å². The minimum absolute atomic E-state index is 0.276. The maximum atomic E-state index is 13.0. The number of hydrogen-bond acceptors (Lipinski definition) is 2. The van der Waals surface area contributed by atoms with E-state index in [0.29, 0.717) is 22.9 Å². The van der Waals surface area contributed by atoms with Crippen LogP contribution in [0.4, 0.5) is 4.39 Å². The van der Waals surface area contributed by atoms with Crippen molar-refractivity contribution in [1.29, 1.82) is 0 Å². The number of nitrogens with one attached hydrogen (secondary N) is 1. The van der Waals surface area contributed by atoms with Crippen molar-refractivity contribution >= 4 is 15.9 Å². The Labute approximate surface area is 132 Å². The monoisotopic (exact) mass is 349 g/mol. The number of rotatable bonds is 6. The van der Waals surface area contributed by atoms with E-state index in [2.05, 4.69) is 33.4 Å². The van der Waals surface area contributed by atoms with Crippen molar-refractivity contribution in [2.75, 3.05) is 0 Å². The molecule has 4 heteroatoms. The van der Waals surface area contributed by atoms with Gasteiger partial charge in [0, 0.05) is 12.6 Å². The number of benzene rings is 2. The first-order valence-corrected chi connectivity index (χ1v) is 7.89. The van der Waals surface area contributed by atoms with Gasteiger partial charge in [-0.3, -0.25) is 0 Å². The average Bonchev–Trinajstić information content (AvgIpc) is 3.29. The van der Waals surface area contributed by atoms with Crippen LogP contribution >= 0.6 is 15.9 Å². The molecule has 0 bridgehead atoms. The molecule has 1 fully saturated rings. The lowest BCUT2D eigenvalue weighted by molar-refractivity contribution is 0.303. The quantitative estimate of drug-likeness (QED) is 0.833. The van der Waals surface area contributed by atoms with Crippen LogP contribution in [-0.2, 0) is 13.2 Å². The summed E-state index contributed by atoms with van der Waals surface area (Å²) in [7, 11) is 0. The van der Waals surface area contributed by atoms with Gasteiger partial charge in [0.2, 0.25) is 0 Å². The van der Waals surface area contributed by atoms with Crippen molar-refractivity contribution in [2.45, 2.75) is 32.0 Å². The molecule has 0 atom stereocenters. The molecule has 0 aromatic heterocycles. The van der Waals surface area contributed by atoms with Gasteiger partial charge in [-0.2, -0.15) is 0 Å². The van der Waals surface area contributed by atoms with Crippen molar-refractivity contribution < 1.29 is 9.13 Å². The molecule has 2 aromatic rings. The zero-order chi connectivity index (χ0) is 14.7. The molecule has 110 valence electrons. The van der Waals surface area contributed by atoms with Gasteiger partial charge in [-0.25, -0.2) is 4.39 Å². The molecule has 0 saturated heterocycles. The maximum Gasteiger partial charge on any atom is 0.134 e. The van der Waals surface area contributed by atoms with Crippen molar-refractivity contribution in [2.24, 2.45) is 0 Å². The van der Waals surface area contributed by atoms with Crippen LogP contribution < -0.4 is 10.1 Å². The van der Waals surface area contributed by atoms with Crippen LogP contribution in [0.15, 0.2) is 46.9 Å². The molecule has 1 aliphatic rings. The summed E-state index contributed by atoms with van der Waals surface area (Å²) in [5.41, 5.74) is 2.38. The third-order valence-electron chi connectivity index (χ3n) is 3.45. The third kappa shape index (κ3) is 4.29. The van der Waals surface area contributed by atoms with E-state index in [-0.39, 0.29) is 5.82 Å². The molecular formula is C17H17BrFNO. The standard InChI is InChI=1S/C17H17BrFNO/c18-16-9-14(19)4-7-17(16)21-11-13-3-1-2-12(8-13)10-20-15-5-6-15/h1-4,7-9,15,20H,5-6,10-11H2. The normalized spacial score (nSPS) is 14.2. The molecule has 2 nitrogen and oxygen atoms in total. The fraction of sp³-hybridized carbons (Fsp3) is 0.294. The largest absolute Gasteiger partial charge is 0.488 e. The van der Waals surface area contributed by atoms with E-state index >= 15 is 0 Å². The molecule has 0 unspecified atom stereocenters. The molecule has 0 amide bonds. The number of ether oxygens (including phenoxy) is 1. The van der Waals surface area contributed by atoms with E-state index in [4.69, 9.17) is 4.74 Å². The number of hydrogen-bond donors (Lipinski definition) is 1. The summed E-state index contributed by atoms with van der Waals surface area (Å²) in [6.07, 6.45) is 2.59. The molecule has 3 rings (SSSR count). The third-order valence-corrected chi connectivity index (χ3v) is 4.07. The Morgan fingerprint density at radius 1 is 1.14 bits per heavy atom. The summed E-state index contributed by atoms with van der Waals surface area (Å²) in [5.74, 6) is 0.375. The van der Waals surface area contributed by atoms with Gasteiger partial charge in [0.25, 0.3) is 0 Å². The van der Waals surface area contributed by atoms with Crippen LogP contribution in [0.2, 0.25) is 0 Å². The Balaban J connectivity index is 1.60. The highest BCUT2D eigenvalue weighted by molar-refractivity contribution is 9.10. The van der Waals surface area contributed by atoms with Gasteiger partial charge < -0.3 is 10.1 Å². The van der Waals surface area contributed by atoms with E-state index in [1.807, 2.05) is 12.1 Å². The minimum Gasteiger partial charge on any atom is -0.488 e. The highest BCUT2D eigenvalue weighted by atomic mass is 79.9. The van der Waals surface area contributed by atoms with Gasteiger partial charge in [0.1, 0.15) is 18.2 Å². The van der Waals surface area contributed by atoms with Crippen LogP contribution in [0.5, 0.6) is 5.75 Å². The van der Waals surface area contributed by atoms with E-state index < -0.39 is 0 Å². The van der Waals surface area contributed by atoms with E-state index in [1.54, 1.807) is 6.07 Å². The summed E-state index contributed by atoms with van der Waals surface area (Å²) in [6, 6.07) is 13.5. The Hall–Kier alpha value is -1.39. The van der Waals surface area contributed by atoms with Gasteiger partial charge >= 0.3 is 0 Å². The fourth-order valence-corrected chi connectivity index (χ4v) is 2.60. The van der Waals surface area contributed by atoms with Crippen molar-refractivity contribution in [3.63, 3.8) is 0 Å². The van der Waals surface area contributed by atoms with E-state index in [1.165, 1.54) is 30.5 Å². The summed E-state index contributed by atoms with van der Waals surface area (Å²) in [5, 5.41) is 3.50. The minimum atomic E-state index is -0.276. The second-order valence-electron chi connectivity index (χ2n) is 5.34. The summed E-state index contributed by atoms with van der Waals surface area (Å²) >= 11 is 3.31. The van der Waals surface area contributed by atoms with Crippen molar-refractivity contribution in [1.82, 2.24) is 5.32 Å². The SMILES string of the molecule is Fc1ccc(OCc2cccc(CNC3CC3)c2)c(Br)c1. The molecule has 0 spiro atoms. The highest BCUT2D eigenvalue weighted by Gasteiger charge is 2.19. The van der Waals surface area contributed by atoms with Gasteiger partial charge in [-0.15, -0.1) is 0 Å². The molecule has 1 N–H and O–H groups in total. The second-order valence-corrected chi connectivity index (χ2v) is 6.19. The first kappa shape index (κ1) is 14.5.